The smallest absolute Gasteiger partial charge is 0.416 e. The molecule has 2 aromatic rings. The van der Waals surface area contributed by atoms with Crippen molar-refractivity contribution in [2.45, 2.75) is 48.4 Å². The lowest BCUT2D eigenvalue weighted by atomic mass is 10.2. The van der Waals surface area contributed by atoms with Gasteiger partial charge in [0.05, 0.1) is 28.5 Å². The van der Waals surface area contributed by atoms with Crippen molar-refractivity contribution in [1.82, 2.24) is 19.2 Å². The van der Waals surface area contributed by atoms with E-state index in [0.717, 1.165) is 30.7 Å². The Balaban J connectivity index is 1.24. The van der Waals surface area contributed by atoms with Crippen molar-refractivity contribution in [3.8, 4) is 5.88 Å². The van der Waals surface area contributed by atoms with E-state index < -0.39 is 21.8 Å². The zero-order valence-corrected chi connectivity index (χ0v) is 18.0. The van der Waals surface area contributed by atoms with Gasteiger partial charge < -0.3 is 4.74 Å². The van der Waals surface area contributed by atoms with Gasteiger partial charge in [-0.25, -0.2) is 13.4 Å². The number of hydrogen-bond donors (Lipinski definition) is 0. The predicted octanol–water partition coefficient (Wildman–Crippen LogP) is 2.90. The van der Waals surface area contributed by atoms with Gasteiger partial charge in [-0.2, -0.15) is 17.5 Å². The number of piperazine rings is 1. The third-order valence-corrected chi connectivity index (χ3v) is 8.13. The third kappa shape index (κ3) is 4.33. The van der Waals surface area contributed by atoms with E-state index in [1.54, 1.807) is 12.4 Å². The normalized spacial score (nSPS) is 25.0. The van der Waals surface area contributed by atoms with E-state index in [0.29, 0.717) is 37.4 Å². The van der Waals surface area contributed by atoms with E-state index in [4.69, 9.17) is 4.74 Å². The predicted molar refractivity (Wildman–Crippen MR) is 109 cm³/mol. The molecule has 0 amide bonds. The van der Waals surface area contributed by atoms with Crippen LogP contribution in [-0.2, 0) is 16.2 Å². The molecule has 2 atom stereocenters. The summed E-state index contributed by atoms with van der Waals surface area (Å²) in [6, 6.07) is 3.85. The summed E-state index contributed by atoms with van der Waals surface area (Å²) in [7, 11) is -4.02. The first kappa shape index (κ1) is 21.6. The molecule has 32 heavy (non-hydrogen) atoms. The van der Waals surface area contributed by atoms with Crippen molar-refractivity contribution < 1.29 is 26.3 Å². The Morgan fingerprint density at radius 2 is 1.88 bits per heavy atom. The summed E-state index contributed by atoms with van der Waals surface area (Å²) in [6.07, 6.45) is 1.55. The van der Waals surface area contributed by atoms with Crippen LogP contribution in [0.3, 0.4) is 0 Å². The van der Waals surface area contributed by atoms with E-state index in [1.807, 2.05) is 0 Å². The van der Waals surface area contributed by atoms with Gasteiger partial charge >= 0.3 is 6.18 Å². The van der Waals surface area contributed by atoms with E-state index in [-0.39, 0.29) is 30.1 Å². The molecular formula is C21H23F3N4O3S. The maximum absolute atomic E-state index is 13.0. The Morgan fingerprint density at radius 3 is 2.56 bits per heavy atom. The fraction of sp³-hybridized carbons (Fsp3) is 0.524. The van der Waals surface area contributed by atoms with E-state index in [1.165, 1.54) is 10.4 Å². The zero-order chi connectivity index (χ0) is 22.5. The fourth-order valence-corrected chi connectivity index (χ4v) is 5.92. The van der Waals surface area contributed by atoms with Crippen molar-refractivity contribution in [3.63, 3.8) is 0 Å². The largest absolute Gasteiger partial charge is 0.472 e. The standard InChI is InChI=1S/C21H23F3N4O3S/c22-21(23,24)15-2-1-3-18(8-15)32(29,30)28-7-6-27-13-17(9-16(27)12-28)31-20-11-25-19(10-26-20)14-4-5-14/h1-3,8,10-11,14,16-17H,4-7,9,12-13H2. The lowest BCUT2D eigenvalue weighted by Gasteiger charge is -2.36. The molecule has 11 heteroatoms. The Hall–Kier alpha value is -2.24. The summed E-state index contributed by atoms with van der Waals surface area (Å²) in [5.74, 6) is 0.967. The molecule has 1 aromatic carbocycles. The number of sulfonamides is 1. The van der Waals surface area contributed by atoms with Crippen LogP contribution in [0.5, 0.6) is 5.88 Å². The van der Waals surface area contributed by atoms with Gasteiger partial charge in [-0.1, -0.05) is 6.07 Å². The second-order valence-corrected chi connectivity index (χ2v) is 10.5. The van der Waals surface area contributed by atoms with Crippen LogP contribution >= 0.6 is 0 Å². The highest BCUT2D eigenvalue weighted by Crippen LogP contribution is 2.39. The molecule has 0 N–H and O–H groups in total. The first-order valence-electron chi connectivity index (χ1n) is 10.6. The average molecular weight is 469 g/mol. The molecule has 7 nitrogen and oxygen atoms in total. The maximum atomic E-state index is 13.0. The minimum atomic E-state index is -4.60. The molecule has 1 aromatic heterocycles. The minimum absolute atomic E-state index is 0.0620. The lowest BCUT2D eigenvalue weighted by Crippen LogP contribution is -2.51. The van der Waals surface area contributed by atoms with Gasteiger partial charge in [0.15, 0.2) is 0 Å². The number of hydrogen-bond acceptors (Lipinski definition) is 6. The number of aromatic nitrogens is 2. The molecular weight excluding hydrogens is 445 g/mol. The summed E-state index contributed by atoms with van der Waals surface area (Å²) < 4.78 is 72.3. The highest BCUT2D eigenvalue weighted by Gasteiger charge is 2.41. The average Bonchev–Trinajstić information content (AvgIpc) is 3.53. The Bertz CT molecular complexity index is 1090. The molecule has 3 fully saturated rings. The van der Waals surface area contributed by atoms with Gasteiger partial charge in [-0.05, 0) is 31.0 Å². The molecule has 1 aliphatic carbocycles. The van der Waals surface area contributed by atoms with E-state index >= 15 is 0 Å². The summed E-state index contributed by atoms with van der Waals surface area (Å²) in [4.78, 5) is 10.6. The molecule has 172 valence electrons. The van der Waals surface area contributed by atoms with Crippen LogP contribution in [0.1, 0.15) is 36.4 Å². The van der Waals surface area contributed by atoms with Crippen molar-refractivity contribution in [2.24, 2.45) is 0 Å². The summed E-state index contributed by atoms with van der Waals surface area (Å²) >= 11 is 0. The number of rotatable bonds is 5. The van der Waals surface area contributed by atoms with Gasteiger partial charge in [0.1, 0.15) is 6.10 Å². The van der Waals surface area contributed by atoms with Gasteiger partial charge in [0.2, 0.25) is 15.9 Å². The van der Waals surface area contributed by atoms with Gasteiger partial charge in [0.25, 0.3) is 0 Å². The summed E-state index contributed by atoms with van der Waals surface area (Å²) in [5, 5.41) is 0. The van der Waals surface area contributed by atoms with Crippen LogP contribution in [0, 0.1) is 0 Å². The van der Waals surface area contributed by atoms with Crippen molar-refractivity contribution in [2.75, 3.05) is 26.2 Å². The monoisotopic (exact) mass is 468 g/mol. The van der Waals surface area contributed by atoms with Crippen molar-refractivity contribution in [3.05, 3.63) is 47.9 Å². The molecule has 2 unspecified atom stereocenters. The van der Waals surface area contributed by atoms with Crippen LogP contribution in [0.15, 0.2) is 41.6 Å². The second-order valence-electron chi connectivity index (χ2n) is 8.57. The highest BCUT2D eigenvalue weighted by molar-refractivity contribution is 7.89. The van der Waals surface area contributed by atoms with E-state index in [2.05, 4.69) is 14.9 Å². The Kier molecular flexibility index (Phi) is 5.37. The fourth-order valence-electron chi connectivity index (χ4n) is 4.40. The number of alkyl halides is 3. The van der Waals surface area contributed by atoms with Gasteiger partial charge in [-0.3, -0.25) is 9.88 Å². The molecule has 3 heterocycles. The first-order chi connectivity index (χ1) is 15.2. The van der Waals surface area contributed by atoms with Crippen LogP contribution in [0.25, 0.3) is 0 Å². The number of benzene rings is 1. The lowest BCUT2D eigenvalue weighted by molar-refractivity contribution is -0.137. The topological polar surface area (TPSA) is 75.6 Å². The quantitative estimate of drug-likeness (QED) is 0.672. The van der Waals surface area contributed by atoms with Gasteiger partial charge in [-0.15, -0.1) is 0 Å². The Labute approximate surface area is 184 Å². The minimum Gasteiger partial charge on any atom is -0.472 e. The van der Waals surface area contributed by atoms with Crippen LogP contribution in [0.4, 0.5) is 13.2 Å². The third-order valence-electron chi connectivity index (χ3n) is 6.27. The summed E-state index contributed by atoms with van der Waals surface area (Å²) in [5.41, 5.74) is 0.0111. The molecule has 2 saturated heterocycles. The number of fused-ring (bicyclic) bond motifs is 1. The molecule has 5 rings (SSSR count). The van der Waals surface area contributed by atoms with Crippen LogP contribution in [0.2, 0.25) is 0 Å². The Morgan fingerprint density at radius 1 is 1.06 bits per heavy atom. The molecule has 0 radical (unpaired) electrons. The molecule has 0 bridgehead atoms. The highest BCUT2D eigenvalue weighted by atomic mass is 32.2. The van der Waals surface area contributed by atoms with Crippen molar-refractivity contribution >= 4 is 10.0 Å². The van der Waals surface area contributed by atoms with E-state index in [9.17, 15) is 21.6 Å². The second kappa shape index (κ2) is 7.96. The molecule has 2 aliphatic heterocycles. The molecule has 3 aliphatic rings. The molecule has 0 spiro atoms. The number of halogens is 3. The SMILES string of the molecule is O=S(=O)(c1cccc(C(F)(F)F)c1)N1CCN2CC(Oc3cnc(C4CC4)cn3)CC2C1. The first-order valence-corrected chi connectivity index (χ1v) is 12.0. The zero-order valence-electron chi connectivity index (χ0n) is 17.2. The van der Waals surface area contributed by atoms with Crippen molar-refractivity contribution in [1.29, 1.82) is 0 Å². The number of nitrogens with zero attached hydrogens (tertiary/aromatic N) is 4. The summed E-state index contributed by atoms with van der Waals surface area (Å²) in [6.45, 7) is 1.58. The molecule has 1 saturated carbocycles. The van der Waals surface area contributed by atoms with Crippen LogP contribution in [-0.4, -0.2) is 65.9 Å². The van der Waals surface area contributed by atoms with Crippen LogP contribution < -0.4 is 4.74 Å². The number of ether oxygens (including phenoxy) is 1. The maximum Gasteiger partial charge on any atom is 0.416 e. The van der Waals surface area contributed by atoms with Gasteiger partial charge in [0, 0.05) is 44.6 Å².